The van der Waals surface area contributed by atoms with Gasteiger partial charge in [0.1, 0.15) is 0 Å². The molecule has 1 spiro atoms. The summed E-state index contributed by atoms with van der Waals surface area (Å²) in [6, 6.07) is 0. The van der Waals surface area contributed by atoms with E-state index < -0.39 is 0 Å². The molecular weight excluding hydrogens is 415 g/mol. The smallest absolute Gasteiger partial charge is 0.193 e. The highest BCUT2D eigenvalue weighted by Crippen LogP contribution is 2.47. The Morgan fingerprint density at radius 3 is 2.38 bits per heavy atom. The van der Waals surface area contributed by atoms with Crippen LogP contribution in [0.3, 0.4) is 0 Å². The van der Waals surface area contributed by atoms with Gasteiger partial charge in [-0.05, 0) is 58.5 Å². The van der Waals surface area contributed by atoms with Crippen molar-refractivity contribution in [1.29, 1.82) is 0 Å². The van der Waals surface area contributed by atoms with Gasteiger partial charge < -0.3 is 19.9 Å². The van der Waals surface area contributed by atoms with E-state index in [1.54, 1.807) is 0 Å². The van der Waals surface area contributed by atoms with Crippen LogP contribution in [0.1, 0.15) is 45.4 Å². The van der Waals surface area contributed by atoms with E-state index in [-0.39, 0.29) is 29.5 Å². The Hall–Kier alpha value is -0.0800. The molecule has 1 N–H and O–H groups in total. The standard InChI is InChI=1S/C18H34N4O.HI/c1-4-19-16(22-11-8-17(15-22)6-5-7-17)20-14-18(21(2)3)9-12-23-13-10-18;/h4-15H2,1-3H3,(H,19,20);1H. The van der Waals surface area contributed by atoms with Crippen LogP contribution >= 0.6 is 24.0 Å². The molecule has 0 unspecified atom stereocenters. The summed E-state index contributed by atoms with van der Waals surface area (Å²) in [5.41, 5.74) is 0.779. The highest BCUT2D eigenvalue weighted by atomic mass is 127. The second-order valence-corrected chi connectivity index (χ2v) is 7.93. The summed E-state index contributed by atoms with van der Waals surface area (Å²) >= 11 is 0. The van der Waals surface area contributed by atoms with Gasteiger partial charge >= 0.3 is 0 Å². The third-order valence-corrected chi connectivity index (χ3v) is 6.38. The monoisotopic (exact) mass is 450 g/mol. The molecule has 0 atom stereocenters. The molecule has 2 heterocycles. The zero-order valence-electron chi connectivity index (χ0n) is 15.6. The van der Waals surface area contributed by atoms with Crippen molar-refractivity contribution in [2.24, 2.45) is 10.4 Å². The zero-order valence-corrected chi connectivity index (χ0v) is 18.0. The lowest BCUT2D eigenvalue weighted by Gasteiger charge is -2.42. The Bertz CT molecular complexity index is 431. The van der Waals surface area contributed by atoms with Gasteiger partial charge in [0, 0.05) is 38.4 Å². The molecule has 0 bridgehead atoms. The molecule has 0 aromatic heterocycles. The highest BCUT2D eigenvalue weighted by molar-refractivity contribution is 14.0. The fourth-order valence-electron chi connectivity index (χ4n) is 4.35. The minimum Gasteiger partial charge on any atom is -0.381 e. The average molecular weight is 450 g/mol. The van der Waals surface area contributed by atoms with Crippen LogP contribution in [0.2, 0.25) is 0 Å². The normalized spacial score (nSPS) is 25.5. The van der Waals surface area contributed by atoms with E-state index in [1.165, 1.54) is 38.8 Å². The van der Waals surface area contributed by atoms with Crippen molar-refractivity contribution in [3.63, 3.8) is 0 Å². The maximum atomic E-state index is 5.58. The van der Waals surface area contributed by atoms with Crippen molar-refractivity contribution in [1.82, 2.24) is 15.1 Å². The van der Waals surface area contributed by atoms with Crippen LogP contribution in [-0.4, -0.2) is 74.8 Å². The molecule has 6 heteroatoms. The van der Waals surface area contributed by atoms with Crippen molar-refractivity contribution >= 4 is 29.9 Å². The van der Waals surface area contributed by atoms with Crippen LogP contribution < -0.4 is 5.32 Å². The first-order valence-corrected chi connectivity index (χ1v) is 9.38. The summed E-state index contributed by atoms with van der Waals surface area (Å²) in [7, 11) is 4.37. The summed E-state index contributed by atoms with van der Waals surface area (Å²) < 4.78 is 5.58. The lowest BCUT2D eigenvalue weighted by Crippen LogP contribution is -2.52. The number of likely N-dealkylation sites (N-methyl/N-ethyl adjacent to an activating group) is 1. The predicted octanol–water partition coefficient (Wildman–Crippen LogP) is 2.56. The van der Waals surface area contributed by atoms with Gasteiger partial charge in [-0.2, -0.15) is 0 Å². The minimum absolute atomic E-state index is 0. The Kier molecular flexibility index (Phi) is 7.20. The maximum absolute atomic E-state index is 5.58. The van der Waals surface area contributed by atoms with Crippen molar-refractivity contribution in [3.8, 4) is 0 Å². The Morgan fingerprint density at radius 2 is 1.88 bits per heavy atom. The second-order valence-electron chi connectivity index (χ2n) is 7.93. The van der Waals surface area contributed by atoms with Crippen molar-refractivity contribution in [3.05, 3.63) is 0 Å². The Balaban J connectivity index is 0.00000208. The van der Waals surface area contributed by atoms with Crippen LogP contribution in [0.5, 0.6) is 0 Å². The highest BCUT2D eigenvalue weighted by Gasteiger charge is 2.43. The Labute approximate surface area is 164 Å². The first kappa shape index (κ1) is 20.2. The number of aliphatic imine (C=N–C) groups is 1. The minimum atomic E-state index is 0. The fourth-order valence-corrected chi connectivity index (χ4v) is 4.35. The molecular formula is C18H35IN4O. The van der Waals surface area contributed by atoms with Gasteiger partial charge in [0.25, 0.3) is 0 Å². The molecule has 1 saturated carbocycles. The van der Waals surface area contributed by atoms with Gasteiger partial charge in [-0.1, -0.05) is 6.42 Å². The van der Waals surface area contributed by atoms with Crippen LogP contribution in [0.4, 0.5) is 0 Å². The van der Waals surface area contributed by atoms with E-state index in [4.69, 9.17) is 9.73 Å². The van der Waals surface area contributed by atoms with Gasteiger partial charge in [0.05, 0.1) is 6.54 Å². The first-order valence-electron chi connectivity index (χ1n) is 9.38. The van der Waals surface area contributed by atoms with E-state index in [0.29, 0.717) is 5.41 Å². The topological polar surface area (TPSA) is 40.1 Å². The second kappa shape index (κ2) is 8.54. The molecule has 3 fully saturated rings. The molecule has 0 aromatic carbocycles. The molecule has 2 aliphatic heterocycles. The van der Waals surface area contributed by atoms with Gasteiger partial charge in [0.2, 0.25) is 0 Å². The Morgan fingerprint density at radius 1 is 1.17 bits per heavy atom. The van der Waals surface area contributed by atoms with Crippen molar-refractivity contribution < 1.29 is 4.74 Å². The van der Waals surface area contributed by atoms with E-state index in [9.17, 15) is 0 Å². The summed E-state index contributed by atoms with van der Waals surface area (Å²) in [4.78, 5) is 9.94. The lowest BCUT2D eigenvalue weighted by atomic mass is 9.68. The summed E-state index contributed by atoms with van der Waals surface area (Å²) in [6.07, 6.45) is 7.76. The molecule has 3 rings (SSSR count). The van der Waals surface area contributed by atoms with Crippen molar-refractivity contribution in [2.45, 2.75) is 51.0 Å². The molecule has 24 heavy (non-hydrogen) atoms. The summed E-state index contributed by atoms with van der Waals surface area (Å²) in [5.74, 6) is 1.13. The third kappa shape index (κ3) is 4.18. The molecule has 3 aliphatic rings. The molecule has 0 amide bonds. The number of ether oxygens (including phenoxy) is 1. The lowest BCUT2D eigenvalue weighted by molar-refractivity contribution is -0.00264. The number of likely N-dealkylation sites (tertiary alicyclic amines) is 1. The number of guanidine groups is 1. The maximum Gasteiger partial charge on any atom is 0.193 e. The third-order valence-electron chi connectivity index (χ3n) is 6.38. The molecule has 0 aromatic rings. The number of halogens is 1. The molecule has 0 radical (unpaired) electrons. The number of hydrogen-bond donors (Lipinski definition) is 1. The first-order chi connectivity index (χ1) is 11.1. The molecule has 5 nitrogen and oxygen atoms in total. The summed E-state index contributed by atoms with van der Waals surface area (Å²) in [6.45, 7) is 8.07. The zero-order chi connectivity index (χ0) is 16.3. The van der Waals surface area contributed by atoms with Gasteiger partial charge in [-0.15, -0.1) is 24.0 Å². The van der Waals surface area contributed by atoms with Crippen LogP contribution in [-0.2, 0) is 4.74 Å². The van der Waals surface area contributed by atoms with Gasteiger partial charge in [-0.3, -0.25) is 4.99 Å². The number of hydrogen-bond acceptors (Lipinski definition) is 3. The van der Waals surface area contributed by atoms with E-state index in [1.807, 2.05) is 0 Å². The largest absolute Gasteiger partial charge is 0.381 e. The summed E-state index contributed by atoms with van der Waals surface area (Å²) in [5, 5.41) is 3.53. The number of rotatable bonds is 4. The molecule has 1 aliphatic carbocycles. The number of nitrogens with one attached hydrogen (secondary N) is 1. The van der Waals surface area contributed by atoms with E-state index >= 15 is 0 Å². The van der Waals surface area contributed by atoms with Gasteiger partial charge in [0.15, 0.2) is 5.96 Å². The predicted molar refractivity (Wildman–Crippen MR) is 110 cm³/mol. The van der Waals surface area contributed by atoms with E-state index in [2.05, 4.69) is 36.1 Å². The molecule has 140 valence electrons. The quantitative estimate of drug-likeness (QED) is 0.406. The van der Waals surface area contributed by atoms with Crippen LogP contribution in [0.15, 0.2) is 4.99 Å². The van der Waals surface area contributed by atoms with Crippen LogP contribution in [0, 0.1) is 5.41 Å². The molecule has 2 saturated heterocycles. The van der Waals surface area contributed by atoms with E-state index in [0.717, 1.165) is 45.1 Å². The van der Waals surface area contributed by atoms with Crippen LogP contribution in [0.25, 0.3) is 0 Å². The fraction of sp³-hybridized carbons (Fsp3) is 0.944. The van der Waals surface area contributed by atoms with Gasteiger partial charge in [-0.25, -0.2) is 0 Å². The van der Waals surface area contributed by atoms with Crippen molar-refractivity contribution in [2.75, 3.05) is 53.5 Å². The average Bonchev–Trinajstić information content (AvgIpc) is 2.98. The SMILES string of the molecule is CCNC(=NCC1(N(C)C)CCOCC1)N1CCC2(CCC2)C1.I. The number of nitrogens with zero attached hydrogens (tertiary/aromatic N) is 3.